The molecule has 26 heavy (non-hydrogen) atoms. The second-order valence-electron chi connectivity index (χ2n) is 5.76. The van der Waals surface area contributed by atoms with Gasteiger partial charge >= 0.3 is 0 Å². The third kappa shape index (κ3) is 6.61. The fourth-order valence-electron chi connectivity index (χ4n) is 2.28. The molecule has 1 aromatic heterocycles. The maximum absolute atomic E-state index is 10.6. The predicted octanol–water partition coefficient (Wildman–Crippen LogP) is 3.99. The molecule has 0 radical (unpaired) electrons. The molecule has 2 rings (SSSR count). The topological polar surface area (TPSA) is 65.9 Å². The van der Waals surface area contributed by atoms with E-state index in [1.165, 1.54) is 11.3 Å². The maximum atomic E-state index is 10.6. The van der Waals surface area contributed by atoms with Crippen molar-refractivity contribution in [2.75, 3.05) is 20.2 Å². The van der Waals surface area contributed by atoms with E-state index in [1.54, 1.807) is 20.1 Å². The van der Waals surface area contributed by atoms with E-state index in [4.69, 9.17) is 16.3 Å². The quantitative estimate of drug-likeness (QED) is 0.300. The molecule has 0 spiro atoms. The van der Waals surface area contributed by atoms with Crippen LogP contribution < -0.4 is 15.4 Å². The zero-order valence-electron chi connectivity index (χ0n) is 15.1. The number of aliphatic hydroxyl groups is 1. The van der Waals surface area contributed by atoms with Gasteiger partial charge in [0.1, 0.15) is 11.4 Å². The Morgan fingerprint density at radius 1 is 1.35 bits per heavy atom. The Bertz CT molecular complexity index is 708. The van der Waals surface area contributed by atoms with Crippen molar-refractivity contribution in [1.29, 1.82) is 0 Å². The lowest BCUT2D eigenvalue weighted by atomic mass is 10.1. The molecule has 1 atom stereocenters. The molecule has 0 saturated heterocycles. The van der Waals surface area contributed by atoms with Gasteiger partial charge in [-0.05, 0) is 37.4 Å². The van der Waals surface area contributed by atoms with Crippen molar-refractivity contribution < 1.29 is 9.84 Å². The summed E-state index contributed by atoms with van der Waals surface area (Å²) < 4.78 is 5.35. The van der Waals surface area contributed by atoms with Gasteiger partial charge in [-0.2, -0.15) is 0 Å². The number of nitrogens with zero attached hydrogens (tertiary/aromatic N) is 1. The number of halogens is 2. The van der Waals surface area contributed by atoms with Gasteiger partial charge in [-0.25, -0.2) is 4.99 Å². The minimum Gasteiger partial charge on any atom is -0.496 e. The number of thiophene rings is 1. The van der Waals surface area contributed by atoms with Crippen LogP contribution in [0.1, 0.15) is 24.3 Å². The fourth-order valence-corrected chi connectivity index (χ4v) is 3.23. The molecule has 0 fully saturated rings. The van der Waals surface area contributed by atoms with Crippen molar-refractivity contribution in [2.24, 2.45) is 4.99 Å². The second kappa shape index (κ2) is 11.0. The number of ether oxygens (including phenoxy) is 1. The lowest BCUT2D eigenvalue weighted by Gasteiger charge is -2.23. The first-order valence-corrected chi connectivity index (χ1v) is 9.33. The van der Waals surface area contributed by atoms with E-state index in [0.717, 1.165) is 17.0 Å². The highest BCUT2D eigenvalue weighted by Crippen LogP contribution is 2.25. The third-order valence-corrected chi connectivity index (χ3v) is 5.01. The molecule has 1 unspecified atom stereocenters. The Morgan fingerprint density at radius 3 is 2.73 bits per heavy atom. The molecule has 0 aliphatic carbocycles. The first-order valence-electron chi connectivity index (χ1n) is 8.07. The Labute approximate surface area is 180 Å². The number of aliphatic imine (C=N–C) groups is 1. The average molecular weight is 510 g/mol. The van der Waals surface area contributed by atoms with Crippen LogP contribution in [-0.4, -0.2) is 31.3 Å². The van der Waals surface area contributed by atoms with Crippen molar-refractivity contribution in [3.63, 3.8) is 0 Å². The smallest absolute Gasteiger partial charge is 0.191 e. The molecule has 5 nitrogen and oxygen atoms in total. The van der Waals surface area contributed by atoms with E-state index in [2.05, 4.69) is 15.6 Å². The number of benzene rings is 1. The van der Waals surface area contributed by atoms with Gasteiger partial charge in [-0.1, -0.05) is 23.7 Å². The number of guanidine groups is 1. The zero-order chi connectivity index (χ0) is 18.3. The molecule has 3 N–H and O–H groups in total. The lowest BCUT2D eigenvalue weighted by molar-refractivity contribution is 0.0655. The minimum absolute atomic E-state index is 0. The van der Waals surface area contributed by atoms with Crippen molar-refractivity contribution >= 4 is 52.9 Å². The Kier molecular flexibility index (Phi) is 9.70. The van der Waals surface area contributed by atoms with Crippen LogP contribution in [0.2, 0.25) is 5.02 Å². The monoisotopic (exact) mass is 509 g/mol. The molecule has 0 aliphatic heterocycles. The number of nitrogens with one attached hydrogen (secondary N) is 2. The van der Waals surface area contributed by atoms with E-state index >= 15 is 0 Å². The summed E-state index contributed by atoms with van der Waals surface area (Å²) in [5.41, 5.74) is -0.0170. The second-order valence-corrected chi connectivity index (χ2v) is 7.14. The number of hydrogen-bond donors (Lipinski definition) is 3. The van der Waals surface area contributed by atoms with Gasteiger partial charge in [0, 0.05) is 22.0 Å². The van der Waals surface area contributed by atoms with E-state index < -0.39 is 5.60 Å². The van der Waals surface area contributed by atoms with Crippen LogP contribution in [-0.2, 0) is 12.1 Å². The highest BCUT2D eigenvalue weighted by Gasteiger charge is 2.24. The van der Waals surface area contributed by atoms with Crippen molar-refractivity contribution in [3.05, 3.63) is 51.2 Å². The van der Waals surface area contributed by atoms with Crippen LogP contribution >= 0.6 is 46.9 Å². The van der Waals surface area contributed by atoms with Gasteiger partial charge in [-0.3, -0.25) is 0 Å². The van der Waals surface area contributed by atoms with Gasteiger partial charge in [0.25, 0.3) is 0 Å². The molecule has 1 aromatic carbocycles. The normalized spacial score (nSPS) is 13.5. The molecular formula is C18H25ClIN3O2S. The molecule has 144 valence electrons. The Hall–Kier alpha value is -1.03. The van der Waals surface area contributed by atoms with Crippen LogP contribution in [0.4, 0.5) is 0 Å². The number of methoxy groups -OCH3 is 1. The van der Waals surface area contributed by atoms with Gasteiger partial charge < -0.3 is 20.5 Å². The zero-order valence-corrected chi connectivity index (χ0v) is 19.0. The van der Waals surface area contributed by atoms with Crippen molar-refractivity contribution in [1.82, 2.24) is 10.6 Å². The standard InChI is InChI=1S/C18H24ClN3O2S.HI/c1-4-20-17(22-12-18(2,23)16-6-5-9-25-16)21-11-13-7-8-14(19)10-15(13)24-3;/h5-10,23H,4,11-12H2,1-3H3,(H2,20,21,22);1H. The molecule has 0 bridgehead atoms. The van der Waals surface area contributed by atoms with Crippen LogP contribution in [0.15, 0.2) is 40.7 Å². The van der Waals surface area contributed by atoms with E-state index in [-0.39, 0.29) is 24.0 Å². The first kappa shape index (κ1) is 23.0. The summed E-state index contributed by atoms with van der Waals surface area (Å²) in [5.74, 6) is 1.34. The van der Waals surface area contributed by atoms with Crippen LogP contribution in [0.3, 0.4) is 0 Å². The highest BCUT2D eigenvalue weighted by atomic mass is 127. The summed E-state index contributed by atoms with van der Waals surface area (Å²) in [5, 5.41) is 19.6. The summed E-state index contributed by atoms with van der Waals surface area (Å²) >= 11 is 7.52. The molecular weight excluding hydrogens is 485 g/mol. The van der Waals surface area contributed by atoms with Gasteiger partial charge in [0.2, 0.25) is 0 Å². The molecule has 2 aromatic rings. The average Bonchev–Trinajstić information content (AvgIpc) is 3.13. The summed E-state index contributed by atoms with van der Waals surface area (Å²) in [4.78, 5) is 5.48. The van der Waals surface area contributed by atoms with Crippen molar-refractivity contribution in [2.45, 2.75) is 26.0 Å². The van der Waals surface area contributed by atoms with E-state index in [1.807, 2.05) is 36.6 Å². The Morgan fingerprint density at radius 2 is 2.12 bits per heavy atom. The minimum atomic E-state index is -0.956. The largest absolute Gasteiger partial charge is 0.496 e. The van der Waals surface area contributed by atoms with Gasteiger partial charge in [0.15, 0.2) is 5.96 Å². The number of rotatable bonds is 7. The van der Waals surface area contributed by atoms with Crippen LogP contribution in [0, 0.1) is 0 Å². The van der Waals surface area contributed by atoms with Gasteiger partial charge in [-0.15, -0.1) is 35.3 Å². The van der Waals surface area contributed by atoms with Crippen LogP contribution in [0.5, 0.6) is 5.75 Å². The highest BCUT2D eigenvalue weighted by molar-refractivity contribution is 14.0. The molecule has 1 heterocycles. The summed E-state index contributed by atoms with van der Waals surface area (Å²) in [6, 6.07) is 9.34. The van der Waals surface area contributed by atoms with E-state index in [0.29, 0.717) is 29.8 Å². The third-order valence-electron chi connectivity index (χ3n) is 3.65. The molecule has 8 heteroatoms. The summed E-state index contributed by atoms with van der Waals surface area (Å²) in [6.45, 7) is 5.31. The summed E-state index contributed by atoms with van der Waals surface area (Å²) in [6.07, 6.45) is 0. The SMILES string of the molecule is CCNC(=NCc1ccc(Cl)cc1OC)NCC(C)(O)c1cccs1.I. The number of hydrogen-bond acceptors (Lipinski definition) is 4. The fraction of sp³-hybridized carbons (Fsp3) is 0.389. The summed E-state index contributed by atoms with van der Waals surface area (Å²) in [7, 11) is 1.61. The van der Waals surface area contributed by atoms with E-state index in [9.17, 15) is 5.11 Å². The predicted molar refractivity (Wildman–Crippen MR) is 120 cm³/mol. The van der Waals surface area contributed by atoms with Gasteiger partial charge in [0.05, 0.1) is 20.2 Å². The first-order chi connectivity index (χ1) is 12.0. The van der Waals surface area contributed by atoms with Crippen molar-refractivity contribution in [3.8, 4) is 5.75 Å². The lowest BCUT2D eigenvalue weighted by Crippen LogP contribution is -2.44. The molecule has 0 aliphatic rings. The molecule has 0 saturated carbocycles. The van der Waals surface area contributed by atoms with Crippen LogP contribution in [0.25, 0.3) is 0 Å². The Balaban J connectivity index is 0.00000338. The molecule has 0 amide bonds. The maximum Gasteiger partial charge on any atom is 0.191 e.